The van der Waals surface area contributed by atoms with Crippen molar-refractivity contribution in [3.05, 3.63) is 35.4 Å². The first-order valence-corrected chi connectivity index (χ1v) is 10.6. The lowest BCUT2D eigenvalue weighted by Crippen LogP contribution is -2.37. The van der Waals surface area contributed by atoms with Crippen molar-refractivity contribution < 1.29 is 35.9 Å². The third-order valence-corrected chi connectivity index (χ3v) is 6.26. The predicted molar refractivity (Wildman–Crippen MR) is 94.9 cm³/mol. The fourth-order valence-electron chi connectivity index (χ4n) is 3.02. The number of alkyl halides is 3. The largest absolute Gasteiger partial charge is 0.465 e. The Balaban J connectivity index is 2.10. The van der Waals surface area contributed by atoms with Crippen molar-refractivity contribution in [3.8, 4) is 0 Å². The number of sulfone groups is 1. The number of carbonyl (C=O) groups is 2. The van der Waals surface area contributed by atoms with Crippen LogP contribution in [0.2, 0.25) is 0 Å². The van der Waals surface area contributed by atoms with Gasteiger partial charge in [0.15, 0.2) is 9.84 Å². The van der Waals surface area contributed by atoms with E-state index in [1.165, 1.54) is 17.0 Å². The highest BCUT2D eigenvalue weighted by molar-refractivity contribution is 7.91. The first kappa shape index (κ1) is 22.2. The standard InChI is InChI=1S/C18H22F3NO5S/c1-2-27-17(24)11-22(16(23)9-14-7-8-28(25,26)12-14)10-13-3-5-15(6-4-13)18(19,20)21/h3-6,14H,2,7-12H2,1H3. The summed E-state index contributed by atoms with van der Waals surface area (Å²) in [5.74, 6) is -1.44. The maximum atomic E-state index is 12.7. The second kappa shape index (κ2) is 8.93. The Hall–Kier alpha value is -2.10. The number of amides is 1. The Bertz CT molecular complexity index is 806. The van der Waals surface area contributed by atoms with Crippen molar-refractivity contribution in [3.63, 3.8) is 0 Å². The van der Waals surface area contributed by atoms with E-state index in [9.17, 15) is 31.2 Å². The fraction of sp³-hybridized carbons (Fsp3) is 0.556. The summed E-state index contributed by atoms with van der Waals surface area (Å²) in [6.45, 7) is 1.31. The lowest BCUT2D eigenvalue weighted by atomic mass is 10.0. The molecular formula is C18H22F3NO5S. The van der Waals surface area contributed by atoms with Crippen LogP contribution in [0, 0.1) is 5.92 Å². The van der Waals surface area contributed by atoms with Crippen LogP contribution in [0.25, 0.3) is 0 Å². The first-order chi connectivity index (χ1) is 13.0. The highest BCUT2D eigenvalue weighted by Gasteiger charge is 2.32. The molecule has 2 rings (SSSR count). The molecule has 0 bridgehead atoms. The average Bonchev–Trinajstić information content (AvgIpc) is 2.92. The second-order valence-corrected chi connectivity index (χ2v) is 8.95. The van der Waals surface area contributed by atoms with Gasteiger partial charge in [0.2, 0.25) is 5.91 Å². The number of hydrogen-bond acceptors (Lipinski definition) is 5. The number of nitrogens with zero attached hydrogens (tertiary/aromatic N) is 1. The quantitative estimate of drug-likeness (QED) is 0.632. The second-order valence-electron chi connectivity index (χ2n) is 6.72. The van der Waals surface area contributed by atoms with Crippen LogP contribution in [0.1, 0.15) is 30.9 Å². The molecule has 1 aliphatic heterocycles. The summed E-state index contributed by atoms with van der Waals surface area (Å²) in [7, 11) is -3.15. The van der Waals surface area contributed by atoms with Crippen molar-refractivity contribution in [1.82, 2.24) is 4.90 Å². The number of esters is 1. The summed E-state index contributed by atoms with van der Waals surface area (Å²) >= 11 is 0. The molecule has 0 aliphatic carbocycles. The number of halogens is 3. The van der Waals surface area contributed by atoms with Gasteiger partial charge in [0, 0.05) is 13.0 Å². The minimum Gasteiger partial charge on any atom is -0.465 e. The molecule has 1 saturated heterocycles. The number of ether oxygens (including phenoxy) is 1. The van der Waals surface area contributed by atoms with Gasteiger partial charge in [-0.2, -0.15) is 13.2 Å². The van der Waals surface area contributed by atoms with Crippen LogP contribution in [0.15, 0.2) is 24.3 Å². The molecular weight excluding hydrogens is 399 g/mol. The molecule has 1 aliphatic rings. The molecule has 1 atom stereocenters. The average molecular weight is 421 g/mol. The van der Waals surface area contributed by atoms with Gasteiger partial charge in [-0.05, 0) is 37.0 Å². The molecule has 0 aromatic heterocycles. The van der Waals surface area contributed by atoms with E-state index >= 15 is 0 Å². The molecule has 6 nitrogen and oxygen atoms in total. The summed E-state index contributed by atoms with van der Waals surface area (Å²) in [5.41, 5.74) is -0.389. The van der Waals surface area contributed by atoms with Gasteiger partial charge in [-0.15, -0.1) is 0 Å². The van der Waals surface area contributed by atoms with Crippen molar-refractivity contribution in [2.24, 2.45) is 5.92 Å². The van der Waals surface area contributed by atoms with Gasteiger partial charge in [-0.25, -0.2) is 8.42 Å². The zero-order valence-electron chi connectivity index (χ0n) is 15.4. The van der Waals surface area contributed by atoms with Crippen LogP contribution >= 0.6 is 0 Å². The minimum atomic E-state index is -4.47. The molecule has 1 aromatic rings. The van der Waals surface area contributed by atoms with Crippen LogP contribution in [-0.2, 0) is 36.9 Å². The summed E-state index contributed by atoms with van der Waals surface area (Å²) in [6.07, 6.45) is -4.13. The van der Waals surface area contributed by atoms with Gasteiger partial charge >= 0.3 is 12.1 Å². The number of benzene rings is 1. The van der Waals surface area contributed by atoms with Crippen molar-refractivity contribution >= 4 is 21.7 Å². The molecule has 0 spiro atoms. The molecule has 156 valence electrons. The Kier molecular flexibility index (Phi) is 7.08. The maximum Gasteiger partial charge on any atom is 0.416 e. The lowest BCUT2D eigenvalue weighted by Gasteiger charge is -2.23. The summed E-state index contributed by atoms with van der Waals surface area (Å²) in [6, 6.07) is 4.31. The molecule has 1 aromatic carbocycles. The van der Waals surface area contributed by atoms with Crippen LogP contribution in [0.5, 0.6) is 0 Å². The fourth-order valence-corrected chi connectivity index (χ4v) is 4.89. The van der Waals surface area contributed by atoms with E-state index in [1.54, 1.807) is 6.92 Å². The van der Waals surface area contributed by atoms with E-state index in [2.05, 4.69) is 0 Å². The Morgan fingerprint density at radius 2 is 1.86 bits per heavy atom. The van der Waals surface area contributed by atoms with E-state index in [0.717, 1.165) is 12.1 Å². The van der Waals surface area contributed by atoms with E-state index in [4.69, 9.17) is 4.74 Å². The monoisotopic (exact) mass is 421 g/mol. The topological polar surface area (TPSA) is 80.8 Å². The van der Waals surface area contributed by atoms with E-state index in [1.807, 2.05) is 0 Å². The zero-order chi connectivity index (χ0) is 20.9. The molecule has 1 heterocycles. The van der Waals surface area contributed by atoms with Crippen molar-refractivity contribution in [2.75, 3.05) is 24.7 Å². The Morgan fingerprint density at radius 1 is 1.21 bits per heavy atom. The molecule has 10 heteroatoms. The SMILES string of the molecule is CCOC(=O)CN(Cc1ccc(C(F)(F)F)cc1)C(=O)CC1CCS(=O)(=O)C1. The Labute approximate surface area is 161 Å². The smallest absolute Gasteiger partial charge is 0.416 e. The Morgan fingerprint density at radius 3 is 2.36 bits per heavy atom. The summed E-state index contributed by atoms with van der Waals surface area (Å²) in [4.78, 5) is 25.6. The number of carbonyl (C=O) groups excluding carboxylic acids is 2. The third-order valence-electron chi connectivity index (χ3n) is 4.42. The normalized spacial score (nSPS) is 18.6. The van der Waals surface area contributed by atoms with Gasteiger partial charge in [-0.3, -0.25) is 9.59 Å². The van der Waals surface area contributed by atoms with Gasteiger partial charge < -0.3 is 9.64 Å². The predicted octanol–water partition coefficient (Wildman–Crippen LogP) is 2.42. The van der Waals surface area contributed by atoms with Gasteiger partial charge in [-0.1, -0.05) is 12.1 Å². The maximum absolute atomic E-state index is 12.7. The first-order valence-electron chi connectivity index (χ1n) is 8.80. The van der Waals surface area contributed by atoms with Crippen LogP contribution in [-0.4, -0.2) is 49.9 Å². The third kappa shape index (κ3) is 6.50. The van der Waals surface area contributed by atoms with Gasteiger partial charge in [0.25, 0.3) is 0 Å². The van der Waals surface area contributed by atoms with Crippen LogP contribution < -0.4 is 0 Å². The van der Waals surface area contributed by atoms with Gasteiger partial charge in [0.05, 0.1) is 23.7 Å². The zero-order valence-corrected chi connectivity index (χ0v) is 16.2. The van der Waals surface area contributed by atoms with E-state index in [0.29, 0.717) is 12.0 Å². The molecule has 1 fully saturated rings. The van der Waals surface area contributed by atoms with Crippen molar-refractivity contribution in [1.29, 1.82) is 0 Å². The summed E-state index contributed by atoms with van der Waals surface area (Å²) < 4.78 is 66.0. The number of rotatable bonds is 7. The lowest BCUT2D eigenvalue weighted by molar-refractivity contribution is -0.149. The van der Waals surface area contributed by atoms with Crippen LogP contribution in [0.3, 0.4) is 0 Å². The number of hydrogen-bond donors (Lipinski definition) is 0. The molecule has 1 amide bonds. The minimum absolute atomic E-state index is 0.0295. The van der Waals surface area contributed by atoms with Crippen molar-refractivity contribution in [2.45, 2.75) is 32.5 Å². The summed E-state index contributed by atoms with van der Waals surface area (Å²) in [5, 5.41) is 0. The highest BCUT2D eigenvalue weighted by atomic mass is 32.2. The van der Waals surface area contributed by atoms with Gasteiger partial charge in [0.1, 0.15) is 6.54 Å². The van der Waals surface area contributed by atoms with E-state index in [-0.39, 0.29) is 43.5 Å². The molecule has 1 unspecified atom stereocenters. The molecule has 0 saturated carbocycles. The van der Waals surface area contributed by atoms with Crippen LogP contribution in [0.4, 0.5) is 13.2 Å². The molecule has 28 heavy (non-hydrogen) atoms. The highest BCUT2D eigenvalue weighted by Crippen LogP contribution is 2.29. The molecule has 0 N–H and O–H groups in total. The molecule has 0 radical (unpaired) electrons. The van der Waals surface area contributed by atoms with E-state index < -0.39 is 33.5 Å².